The summed E-state index contributed by atoms with van der Waals surface area (Å²) in [4.78, 5) is 8.44. The lowest BCUT2D eigenvalue weighted by Gasteiger charge is -2.13. The van der Waals surface area contributed by atoms with Crippen LogP contribution in [0.2, 0.25) is 0 Å². The van der Waals surface area contributed by atoms with Gasteiger partial charge in [0, 0.05) is 16.1 Å². The molecule has 3 aromatic rings. The fourth-order valence-electron chi connectivity index (χ4n) is 2.37. The second-order valence-corrected chi connectivity index (χ2v) is 7.91. The molecule has 0 bridgehead atoms. The van der Waals surface area contributed by atoms with Crippen LogP contribution in [-0.4, -0.2) is 32.6 Å². The van der Waals surface area contributed by atoms with Crippen LogP contribution in [0.25, 0.3) is 11.4 Å². The molecule has 7 nitrogen and oxygen atoms in total. The van der Waals surface area contributed by atoms with Crippen molar-refractivity contribution in [3.05, 3.63) is 59.3 Å². The maximum atomic E-state index is 12.8. The molecular formula is C18H16BrN3O4S. The van der Waals surface area contributed by atoms with Gasteiger partial charge in [-0.15, -0.1) is 0 Å². The van der Waals surface area contributed by atoms with Gasteiger partial charge in [0.2, 0.25) is 0 Å². The number of hydrogen-bond acceptors (Lipinski definition) is 6. The van der Waals surface area contributed by atoms with Crippen LogP contribution in [0.4, 0.5) is 5.69 Å². The van der Waals surface area contributed by atoms with Gasteiger partial charge in [-0.05, 0) is 22.0 Å². The minimum Gasteiger partial charge on any atom is -0.493 e. The maximum absolute atomic E-state index is 12.8. The van der Waals surface area contributed by atoms with E-state index in [9.17, 15) is 8.42 Å². The van der Waals surface area contributed by atoms with Gasteiger partial charge in [-0.3, -0.25) is 4.72 Å². The van der Waals surface area contributed by atoms with E-state index in [4.69, 9.17) is 9.47 Å². The minimum atomic E-state index is -3.89. The highest BCUT2D eigenvalue weighted by atomic mass is 79.9. The van der Waals surface area contributed by atoms with E-state index in [0.29, 0.717) is 21.8 Å². The summed E-state index contributed by atoms with van der Waals surface area (Å²) in [6.45, 7) is 0. The number of hydrogen-bond donors (Lipinski definition) is 1. The third-order valence-electron chi connectivity index (χ3n) is 3.66. The molecule has 0 aliphatic carbocycles. The van der Waals surface area contributed by atoms with Crippen molar-refractivity contribution >= 4 is 31.6 Å². The van der Waals surface area contributed by atoms with Crippen LogP contribution in [-0.2, 0) is 10.0 Å². The summed E-state index contributed by atoms with van der Waals surface area (Å²) in [5.41, 5.74) is 1.09. The summed E-state index contributed by atoms with van der Waals surface area (Å²) in [6.07, 6.45) is 2.84. The SMILES string of the molecule is COc1cc(Br)c(S(=O)(=O)Nc2cnc(-c3ccccc3)nc2)cc1OC. The predicted molar refractivity (Wildman–Crippen MR) is 106 cm³/mol. The van der Waals surface area contributed by atoms with E-state index in [2.05, 4.69) is 30.6 Å². The van der Waals surface area contributed by atoms with Gasteiger partial charge >= 0.3 is 0 Å². The lowest BCUT2D eigenvalue weighted by molar-refractivity contribution is 0.353. The molecule has 2 aromatic carbocycles. The van der Waals surface area contributed by atoms with Gasteiger partial charge in [-0.1, -0.05) is 30.3 Å². The van der Waals surface area contributed by atoms with Gasteiger partial charge in [0.1, 0.15) is 4.90 Å². The van der Waals surface area contributed by atoms with Crippen molar-refractivity contribution in [2.75, 3.05) is 18.9 Å². The summed E-state index contributed by atoms with van der Waals surface area (Å²) in [6, 6.07) is 12.3. The molecule has 1 N–H and O–H groups in total. The summed E-state index contributed by atoms with van der Waals surface area (Å²) >= 11 is 3.26. The summed E-state index contributed by atoms with van der Waals surface area (Å²) in [5.74, 6) is 1.22. The van der Waals surface area contributed by atoms with E-state index < -0.39 is 10.0 Å². The Balaban J connectivity index is 1.89. The first-order valence-electron chi connectivity index (χ1n) is 7.76. The second-order valence-electron chi connectivity index (χ2n) is 5.40. The monoisotopic (exact) mass is 449 g/mol. The Kier molecular flexibility index (Phi) is 5.62. The molecule has 9 heteroatoms. The van der Waals surface area contributed by atoms with Crippen LogP contribution in [0.3, 0.4) is 0 Å². The van der Waals surface area contributed by atoms with Gasteiger partial charge in [-0.2, -0.15) is 0 Å². The minimum absolute atomic E-state index is 0.00675. The highest BCUT2D eigenvalue weighted by Crippen LogP contribution is 2.36. The van der Waals surface area contributed by atoms with Crippen molar-refractivity contribution in [3.63, 3.8) is 0 Å². The standard InChI is InChI=1S/C18H16BrN3O4S/c1-25-15-8-14(19)17(9-16(15)26-2)27(23,24)22-13-10-20-18(21-11-13)12-6-4-3-5-7-12/h3-11,22H,1-2H3. The van der Waals surface area contributed by atoms with Crippen molar-refractivity contribution in [1.29, 1.82) is 0 Å². The molecule has 0 aliphatic heterocycles. The highest BCUT2D eigenvalue weighted by Gasteiger charge is 2.21. The van der Waals surface area contributed by atoms with Crippen molar-refractivity contribution < 1.29 is 17.9 Å². The van der Waals surface area contributed by atoms with Crippen molar-refractivity contribution in [3.8, 4) is 22.9 Å². The lowest BCUT2D eigenvalue weighted by Crippen LogP contribution is -2.14. The van der Waals surface area contributed by atoms with E-state index in [1.54, 1.807) is 0 Å². The number of nitrogens with zero attached hydrogens (tertiary/aromatic N) is 2. The van der Waals surface area contributed by atoms with Gasteiger partial charge in [-0.25, -0.2) is 18.4 Å². The van der Waals surface area contributed by atoms with Gasteiger partial charge in [0.15, 0.2) is 17.3 Å². The van der Waals surface area contributed by atoms with E-state index in [1.165, 1.54) is 38.7 Å². The number of aromatic nitrogens is 2. The summed E-state index contributed by atoms with van der Waals surface area (Å²) < 4.78 is 38.7. The second kappa shape index (κ2) is 7.93. The molecule has 0 fully saturated rings. The normalized spacial score (nSPS) is 11.1. The topological polar surface area (TPSA) is 90.4 Å². The zero-order valence-corrected chi connectivity index (χ0v) is 16.9. The molecule has 0 amide bonds. The fraction of sp³-hybridized carbons (Fsp3) is 0.111. The molecule has 1 heterocycles. The molecule has 0 spiro atoms. The number of benzene rings is 2. The molecular weight excluding hydrogens is 434 g/mol. The molecule has 0 radical (unpaired) electrons. The summed E-state index contributed by atoms with van der Waals surface area (Å²) in [5, 5.41) is 0. The molecule has 0 aliphatic rings. The van der Waals surface area contributed by atoms with Gasteiger partial charge in [0.25, 0.3) is 10.0 Å². The Labute approximate surface area is 165 Å². The lowest BCUT2D eigenvalue weighted by atomic mass is 10.2. The van der Waals surface area contributed by atoms with Crippen molar-refractivity contribution in [2.24, 2.45) is 0 Å². The number of halogens is 1. The molecule has 3 rings (SSSR count). The van der Waals surface area contributed by atoms with Gasteiger partial charge < -0.3 is 9.47 Å². The van der Waals surface area contributed by atoms with Crippen LogP contribution in [0.1, 0.15) is 0 Å². The first-order valence-corrected chi connectivity index (χ1v) is 10.0. The van der Waals surface area contributed by atoms with E-state index in [1.807, 2.05) is 30.3 Å². The molecule has 27 heavy (non-hydrogen) atoms. The number of ether oxygens (including phenoxy) is 2. The molecule has 140 valence electrons. The van der Waals surface area contributed by atoms with Crippen LogP contribution in [0.5, 0.6) is 11.5 Å². The number of anilines is 1. The van der Waals surface area contributed by atoms with E-state index in [0.717, 1.165) is 5.56 Å². The number of rotatable bonds is 6. The van der Waals surface area contributed by atoms with Crippen LogP contribution < -0.4 is 14.2 Å². The van der Waals surface area contributed by atoms with Crippen molar-refractivity contribution in [2.45, 2.75) is 4.90 Å². The quantitative estimate of drug-likeness (QED) is 0.616. The molecule has 1 aromatic heterocycles. The largest absolute Gasteiger partial charge is 0.493 e. The summed E-state index contributed by atoms with van der Waals surface area (Å²) in [7, 11) is -0.981. The Bertz CT molecular complexity index is 1040. The smallest absolute Gasteiger partial charge is 0.263 e. The Morgan fingerprint density at radius 3 is 2.15 bits per heavy atom. The zero-order chi connectivity index (χ0) is 19.4. The number of methoxy groups -OCH3 is 2. The van der Waals surface area contributed by atoms with E-state index in [-0.39, 0.29) is 10.6 Å². The molecule has 0 saturated carbocycles. The first-order chi connectivity index (χ1) is 12.9. The predicted octanol–water partition coefficient (Wildman–Crippen LogP) is 3.72. The van der Waals surface area contributed by atoms with Crippen LogP contribution >= 0.6 is 15.9 Å². The average Bonchev–Trinajstić information content (AvgIpc) is 2.68. The molecule has 0 unspecified atom stereocenters. The first kappa shape index (κ1) is 19.1. The molecule has 0 saturated heterocycles. The Morgan fingerprint density at radius 2 is 1.56 bits per heavy atom. The fourth-order valence-corrected chi connectivity index (χ4v) is 4.43. The van der Waals surface area contributed by atoms with E-state index >= 15 is 0 Å². The van der Waals surface area contributed by atoms with Crippen LogP contribution in [0.15, 0.2) is 64.2 Å². The highest BCUT2D eigenvalue weighted by molar-refractivity contribution is 9.10. The Morgan fingerprint density at radius 1 is 0.963 bits per heavy atom. The van der Waals surface area contributed by atoms with Crippen molar-refractivity contribution in [1.82, 2.24) is 9.97 Å². The molecule has 0 atom stereocenters. The van der Waals surface area contributed by atoms with Gasteiger partial charge in [0.05, 0.1) is 32.3 Å². The third-order valence-corrected chi connectivity index (χ3v) is 6.00. The number of sulfonamides is 1. The zero-order valence-electron chi connectivity index (χ0n) is 14.5. The number of nitrogens with one attached hydrogen (secondary N) is 1. The third kappa shape index (κ3) is 4.20. The maximum Gasteiger partial charge on any atom is 0.263 e. The van der Waals surface area contributed by atoms with Crippen LogP contribution in [0, 0.1) is 0 Å². The Hall–Kier alpha value is -2.65. The average molecular weight is 450 g/mol.